The zero-order valence-electron chi connectivity index (χ0n) is 20.4. The Morgan fingerprint density at radius 2 is 1.77 bits per heavy atom. The van der Waals surface area contributed by atoms with E-state index in [4.69, 9.17) is 0 Å². The third-order valence-electron chi connectivity index (χ3n) is 5.69. The first-order valence-corrected chi connectivity index (χ1v) is 13.5. The van der Waals surface area contributed by atoms with E-state index < -0.39 is 6.10 Å². The lowest BCUT2D eigenvalue weighted by Crippen LogP contribution is -2.14. The third kappa shape index (κ3) is 9.73. The van der Waals surface area contributed by atoms with Crippen LogP contribution < -0.4 is 0 Å². The molecule has 3 aromatic rings. The monoisotopic (exact) mass is 496 g/mol. The second-order valence-corrected chi connectivity index (χ2v) is 9.73. The Labute approximate surface area is 211 Å². The summed E-state index contributed by atoms with van der Waals surface area (Å²) in [5, 5.41) is 39.4. The van der Waals surface area contributed by atoms with Gasteiger partial charge in [0.25, 0.3) is 0 Å². The quantitative estimate of drug-likeness (QED) is 0.176. The number of hydrogen-bond acceptors (Lipinski definition) is 8. The Kier molecular flexibility index (Phi) is 12.2. The van der Waals surface area contributed by atoms with Gasteiger partial charge in [0.15, 0.2) is 5.82 Å². The van der Waals surface area contributed by atoms with Gasteiger partial charge in [-0.1, -0.05) is 93.2 Å². The molecule has 0 aliphatic carbocycles. The molecule has 3 N–H and O–H groups in total. The van der Waals surface area contributed by atoms with Crippen molar-refractivity contribution in [3.8, 4) is 11.4 Å². The van der Waals surface area contributed by atoms with Crippen LogP contribution in [-0.4, -0.2) is 57.4 Å². The largest absolute Gasteiger partial charge is 0.387 e. The first-order valence-electron chi connectivity index (χ1n) is 12.5. The van der Waals surface area contributed by atoms with Gasteiger partial charge in [-0.05, 0) is 29.7 Å². The molecular weight excluding hydrogens is 460 g/mol. The number of hydrogen-bond donors (Lipinski definition) is 3. The molecule has 0 saturated heterocycles. The molecular formula is C25H36N8OS. The molecule has 0 spiro atoms. The van der Waals surface area contributed by atoms with Crippen LogP contribution in [0.3, 0.4) is 0 Å². The molecule has 188 valence electrons. The summed E-state index contributed by atoms with van der Waals surface area (Å²) >= 11 is 1.67. The van der Waals surface area contributed by atoms with E-state index in [0.717, 1.165) is 23.3 Å². The highest BCUT2D eigenvalue weighted by molar-refractivity contribution is 8.00. The average Bonchev–Trinajstić information content (AvgIpc) is 3.61. The van der Waals surface area contributed by atoms with Crippen LogP contribution in [0.5, 0.6) is 0 Å². The Morgan fingerprint density at radius 1 is 0.971 bits per heavy atom. The van der Waals surface area contributed by atoms with Gasteiger partial charge in [-0.2, -0.15) is 22.2 Å². The molecule has 2 aromatic heterocycles. The van der Waals surface area contributed by atoms with Crippen molar-refractivity contribution in [2.45, 2.75) is 76.1 Å². The Hall–Kier alpha value is -2.85. The fourth-order valence-corrected chi connectivity index (χ4v) is 4.84. The highest BCUT2D eigenvalue weighted by atomic mass is 32.2. The molecule has 3 rings (SSSR count). The lowest BCUT2D eigenvalue weighted by atomic mass is 10.0. The lowest BCUT2D eigenvalue weighted by molar-refractivity contribution is 0.187. The van der Waals surface area contributed by atoms with Crippen LogP contribution in [0.2, 0.25) is 0 Å². The molecule has 0 aliphatic rings. The molecule has 0 unspecified atom stereocenters. The predicted molar refractivity (Wildman–Crippen MR) is 140 cm³/mol. The average molecular weight is 497 g/mol. The van der Waals surface area contributed by atoms with Crippen molar-refractivity contribution < 1.29 is 5.11 Å². The number of benzene rings is 1. The normalized spacial score (nSPS) is 13.7. The number of aliphatic hydroxyl groups excluding tert-OH is 1. The van der Waals surface area contributed by atoms with Gasteiger partial charge in [-0.25, -0.2) is 0 Å². The summed E-state index contributed by atoms with van der Waals surface area (Å²) in [5.74, 6) is 1.94. The number of aliphatic hydroxyl groups is 1. The summed E-state index contributed by atoms with van der Waals surface area (Å²) in [7, 11) is 0. The first kappa shape index (κ1) is 26.7. The number of aryl methyl sites for hydroxylation is 1. The molecule has 0 bridgehead atoms. The molecule has 1 aromatic carbocycles. The zero-order valence-corrected chi connectivity index (χ0v) is 21.2. The fraction of sp³-hybridized carbons (Fsp3) is 0.520. The number of aromatic nitrogens is 8. The molecule has 10 heteroatoms. The molecule has 9 nitrogen and oxygen atoms in total. The topological polar surface area (TPSA) is 129 Å². The number of rotatable bonds is 17. The van der Waals surface area contributed by atoms with E-state index in [9.17, 15) is 5.11 Å². The van der Waals surface area contributed by atoms with Gasteiger partial charge in [0.2, 0.25) is 5.82 Å². The van der Waals surface area contributed by atoms with E-state index in [0.29, 0.717) is 18.1 Å². The van der Waals surface area contributed by atoms with Crippen LogP contribution in [0.15, 0.2) is 48.6 Å². The molecule has 0 amide bonds. The summed E-state index contributed by atoms with van der Waals surface area (Å²) < 4.78 is 0. The second kappa shape index (κ2) is 15.9. The number of allylic oxidation sites excluding steroid dienone is 3. The molecule has 2 atom stereocenters. The third-order valence-corrected chi connectivity index (χ3v) is 6.93. The molecule has 0 radical (unpaired) electrons. The van der Waals surface area contributed by atoms with Gasteiger partial charge >= 0.3 is 0 Å². The number of unbranched alkanes of at least 4 members (excludes halogenated alkanes) is 7. The van der Waals surface area contributed by atoms with Crippen LogP contribution >= 0.6 is 11.8 Å². The summed E-state index contributed by atoms with van der Waals surface area (Å²) in [6, 6.07) is 7.64. The van der Waals surface area contributed by atoms with Crippen molar-refractivity contribution in [3.05, 3.63) is 60.0 Å². The Morgan fingerprint density at radius 3 is 2.54 bits per heavy atom. The lowest BCUT2D eigenvalue weighted by Gasteiger charge is -2.20. The maximum atomic E-state index is 11.2. The van der Waals surface area contributed by atoms with Crippen molar-refractivity contribution in [1.29, 1.82) is 0 Å². The smallest absolute Gasteiger partial charge is 0.204 e. The van der Waals surface area contributed by atoms with Crippen LogP contribution in [-0.2, 0) is 6.42 Å². The van der Waals surface area contributed by atoms with Crippen molar-refractivity contribution in [2.75, 3.05) is 5.75 Å². The first-order chi connectivity index (χ1) is 17.3. The summed E-state index contributed by atoms with van der Waals surface area (Å²) in [6.45, 7) is 2.25. The van der Waals surface area contributed by atoms with Crippen LogP contribution in [0.25, 0.3) is 11.4 Å². The highest BCUT2D eigenvalue weighted by Gasteiger charge is 2.20. The molecule has 0 fully saturated rings. The standard InChI is InChI=1S/C25H36N8OS/c1-2-3-4-5-6-7-8-9-10-11-12-16-22(35-18-17-23-26-30-31-27-23)24(34)20-14-13-15-21(19-20)25-28-32-33-29-25/h10-16,19,22,24,34H,2-9,17-18H2,1H3,(H,26,27,30,31)(H,28,29,32,33)/b11-10-,16-12+/t22-,24+/m1/s1. The van der Waals surface area contributed by atoms with E-state index >= 15 is 0 Å². The van der Waals surface area contributed by atoms with Crippen molar-refractivity contribution in [2.24, 2.45) is 0 Å². The number of nitrogens with one attached hydrogen (secondary N) is 2. The second-order valence-electron chi connectivity index (χ2n) is 8.44. The van der Waals surface area contributed by atoms with E-state index in [1.807, 2.05) is 30.3 Å². The van der Waals surface area contributed by atoms with Gasteiger partial charge in [0.1, 0.15) is 0 Å². The molecule has 0 aliphatic heterocycles. The fourth-order valence-electron chi connectivity index (χ4n) is 3.73. The minimum atomic E-state index is -0.690. The Balaban J connectivity index is 1.54. The van der Waals surface area contributed by atoms with Gasteiger partial charge in [-0.15, -0.1) is 20.4 Å². The van der Waals surface area contributed by atoms with Crippen LogP contribution in [0.4, 0.5) is 0 Å². The number of aromatic amines is 2. The minimum Gasteiger partial charge on any atom is -0.387 e. The Bertz CT molecular complexity index is 991. The maximum Gasteiger partial charge on any atom is 0.204 e. The molecule has 0 saturated carbocycles. The summed E-state index contributed by atoms with van der Waals surface area (Å²) in [6.07, 6.45) is 18.7. The SMILES string of the molecule is CCCCCCCCC/C=C\C=C\[C@@H](SCCc1nn[nH]n1)[C@@H](O)c1cccc(-c2nn[nH]n2)c1. The van der Waals surface area contributed by atoms with Gasteiger partial charge in [0, 0.05) is 17.7 Å². The summed E-state index contributed by atoms with van der Waals surface area (Å²) in [5.41, 5.74) is 1.62. The number of nitrogens with zero attached hydrogens (tertiary/aromatic N) is 6. The van der Waals surface area contributed by atoms with Crippen LogP contribution in [0.1, 0.15) is 75.8 Å². The van der Waals surface area contributed by atoms with Gasteiger partial charge < -0.3 is 5.11 Å². The summed E-state index contributed by atoms with van der Waals surface area (Å²) in [4.78, 5) is 0. The van der Waals surface area contributed by atoms with Gasteiger partial charge in [-0.3, -0.25) is 0 Å². The number of H-pyrrole nitrogens is 2. The van der Waals surface area contributed by atoms with Crippen molar-refractivity contribution in [3.63, 3.8) is 0 Å². The minimum absolute atomic E-state index is 0.134. The number of tetrazole rings is 2. The predicted octanol–water partition coefficient (Wildman–Crippen LogP) is 5.01. The van der Waals surface area contributed by atoms with Gasteiger partial charge in [0.05, 0.1) is 11.4 Å². The van der Waals surface area contributed by atoms with Crippen molar-refractivity contribution in [1.82, 2.24) is 41.2 Å². The zero-order chi connectivity index (χ0) is 24.6. The highest BCUT2D eigenvalue weighted by Crippen LogP contribution is 2.30. The molecule has 35 heavy (non-hydrogen) atoms. The van der Waals surface area contributed by atoms with E-state index in [-0.39, 0.29) is 5.25 Å². The van der Waals surface area contributed by atoms with Crippen LogP contribution in [0, 0.1) is 0 Å². The maximum absolute atomic E-state index is 11.2. The van der Waals surface area contributed by atoms with E-state index in [1.54, 1.807) is 11.8 Å². The number of thioether (sulfide) groups is 1. The molecule has 2 heterocycles. The van der Waals surface area contributed by atoms with Crippen molar-refractivity contribution >= 4 is 11.8 Å². The van der Waals surface area contributed by atoms with E-state index in [1.165, 1.54) is 44.9 Å². The van der Waals surface area contributed by atoms with E-state index in [2.05, 4.69) is 66.4 Å².